The van der Waals surface area contributed by atoms with Gasteiger partial charge in [-0.2, -0.15) is 0 Å². The number of carbonyl (C=O) groups excluding carboxylic acids is 2. The molecule has 3 heterocycles. The van der Waals surface area contributed by atoms with Gasteiger partial charge in [0.15, 0.2) is 6.61 Å². The Morgan fingerprint density at radius 1 is 1.32 bits per heavy atom. The molecule has 0 fully saturated rings. The molecule has 3 rings (SSSR count). The topological polar surface area (TPSA) is 94.3 Å². The molecular weight excluding hydrogens is 398 g/mol. The van der Waals surface area contributed by atoms with Gasteiger partial charge < -0.3 is 14.6 Å². The van der Waals surface area contributed by atoms with Crippen molar-refractivity contribution in [2.24, 2.45) is 0 Å². The molecule has 0 bridgehead atoms. The molecule has 1 amide bonds. The first-order chi connectivity index (χ1) is 13.6. The highest BCUT2D eigenvalue weighted by Gasteiger charge is 2.16. The predicted octanol–water partition coefficient (Wildman–Crippen LogP) is 3.25. The van der Waals surface area contributed by atoms with Crippen LogP contribution in [0, 0.1) is 6.92 Å². The fourth-order valence-corrected chi connectivity index (χ4v) is 3.90. The normalized spacial score (nSPS) is 10.6. The Morgan fingerprint density at radius 3 is 2.96 bits per heavy atom. The SMILES string of the molecule is Cc1cc(CSc2ncccc2C(=O)OCC(=O)NCCc2cccs2)no1. The minimum Gasteiger partial charge on any atom is -0.452 e. The number of hydrogen-bond acceptors (Lipinski definition) is 8. The van der Waals surface area contributed by atoms with Crippen molar-refractivity contribution in [1.29, 1.82) is 0 Å². The maximum absolute atomic E-state index is 12.4. The Hall–Kier alpha value is -2.65. The number of nitrogens with one attached hydrogen (secondary N) is 1. The third-order valence-electron chi connectivity index (χ3n) is 3.63. The van der Waals surface area contributed by atoms with Crippen LogP contribution in [0.3, 0.4) is 0 Å². The van der Waals surface area contributed by atoms with E-state index in [2.05, 4.69) is 15.5 Å². The number of pyridine rings is 1. The summed E-state index contributed by atoms with van der Waals surface area (Å²) in [5.41, 5.74) is 1.08. The number of nitrogens with zero attached hydrogens (tertiary/aromatic N) is 2. The van der Waals surface area contributed by atoms with Crippen LogP contribution in [0.1, 0.15) is 26.7 Å². The number of hydrogen-bond donors (Lipinski definition) is 1. The smallest absolute Gasteiger partial charge is 0.341 e. The summed E-state index contributed by atoms with van der Waals surface area (Å²) in [4.78, 5) is 29.7. The van der Waals surface area contributed by atoms with Crippen LogP contribution in [-0.4, -0.2) is 35.2 Å². The lowest BCUT2D eigenvalue weighted by atomic mass is 10.3. The van der Waals surface area contributed by atoms with Crippen molar-refractivity contribution >= 4 is 35.0 Å². The molecule has 146 valence electrons. The number of ether oxygens (including phenoxy) is 1. The molecule has 0 unspecified atom stereocenters. The maximum Gasteiger partial charge on any atom is 0.341 e. The van der Waals surface area contributed by atoms with E-state index in [0.717, 1.165) is 17.9 Å². The summed E-state index contributed by atoms with van der Waals surface area (Å²) < 4.78 is 10.2. The van der Waals surface area contributed by atoms with Gasteiger partial charge in [-0.3, -0.25) is 4.79 Å². The second-order valence-corrected chi connectivity index (χ2v) is 7.83. The molecule has 3 aromatic heterocycles. The van der Waals surface area contributed by atoms with Crippen molar-refractivity contribution in [3.05, 3.63) is 63.8 Å². The minimum absolute atomic E-state index is 0.319. The second kappa shape index (κ2) is 10.0. The lowest BCUT2D eigenvalue weighted by Crippen LogP contribution is -2.30. The molecule has 0 aliphatic heterocycles. The quantitative estimate of drug-likeness (QED) is 0.422. The van der Waals surface area contributed by atoms with Gasteiger partial charge in [0.1, 0.15) is 10.8 Å². The van der Waals surface area contributed by atoms with Crippen molar-refractivity contribution < 1.29 is 18.8 Å². The average Bonchev–Trinajstić information content (AvgIpc) is 3.36. The van der Waals surface area contributed by atoms with Gasteiger partial charge in [-0.05, 0) is 36.9 Å². The fraction of sp³-hybridized carbons (Fsp3) is 0.263. The Morgan fingerprint density at radius 2 is 2.21 bits per heavy atom. The van der Waals surface area contributed by atoms with Gasteiger partial charge in [0, 0.05) is 29.4 Å². The zero-order valence-electron chi connectivity index (χ0n) is 15.2. The molecule has 0 atom stereocenters. The summed E-state index contributed by atoms with van der Waals surface area (Å²) >= 11 is 2.99. The molecule has 0 aliphatic carbocycles. The molecule has 0 saturated heterocycles. The average molecular weight is 418 g/mol. The Bertz CT molecular complexity index is 925. The van der Waals surface area contributed by atoms with E-state index in [-0.39, 0.29) is 12.5 Å². The van der Waals surface area contributed by atoms with Crippen LogP contribution in [0.15, 0.2) is 51.5 Å². The Labute approximate surface area is 170 Å². The highest BCUT2D eigenvalue weighted by Crippen LogP contribution is 2.24. The number of amides is 1. The summed E-state index contributed by atoms with van der Waals surface area (Å²) in [5, 5.41) is 9.17. The number of esters is 1. The van der Waals surface area contributed by atoms with Crippen LogP contribution in [0.2, 0.25) is 0 Å². The zero-order valence-corrected chi connectivity index (χ0v) is 16.8. The first-order valence-electron chi connectivity index (χ1n) is 8.58. The lowest BCUT2D eigenvalue weighted by molar-refractivity contribution is -0.124. The van der Waals surface area contributed by atoms with E-state index in [9.17, 15) is 9.59 Å². The maximum atomic E-state index is 12.4. The Kier molecular flexibility index (Phi) is 7.21. The van der Waals surface area contributed by atoms with Crippen molar-refractivity contribution in [1.82, 2.24) is 15.5 Å². The van der Waals surface area contributed by atoms with E-state index in [1.165, 1.54) is 16.6 Å². The van der Waals surface area contributed by atoms with Crippen molar-refractivity contribution in [3.8, 4) is 0 Å². The van der Waals surface area contributed by atoms with Crippen LogP contribution < -0.4 is 5.32 Å². The van der Waals surface area contributed by atoms with Crippen LogP contribution in [0.4, 0.5) is 0 Å². The number of carbonyl (C=O) groups is 2. The second-order valence-electron chi connectivity index (χ2n) is 5.83. The van der Waals surface area contributed by atoms with E-state index >= 15 is 0 Å². The van der Waals surface area contributed by atoms with Crippen molar-refractivity contribution in [3.63, 3.8) is 0 Å². The van der Waals surface area contributed by atoms with Gasteiger partial charge in [-0.15, -0.1) is 11.3 Å². The van der Waals surface area contributed by atoms with Crippen molar-refractivity contribution in [2.45, 2.75) is 24.1 Å². The van der Waals surface area contributed by atoms with Crippen LogP contribution in [0.25, 0.3) is 0 Å². The third-order valence-corrected chi connectivity index (χ3v) is 5.61. The van der Waals surface area contributed by atoms with Crippen molar-refractivity contribution in [2.75, 3.05) is 13.2 Å². The molecular formula is C19H19N3O4S2. The number of aryl methyl sites for hydroxylation is 1. The molecule has 0 saturated carbocycles. The highest BCUT2D eigenvalue weighted by atomic mass is 32.2. The monoisotopic (exact) mass is 417 g/mol. The van der Waals surface area contributed by atoms with E-state index in [0.29, 0.717) is 22.9 Å². The minimum atomic E-state index is -0.583. The molecule has 3 aromatic rings. The largest absolute Gasteiger partial charge is 0.452 e. The molecule has 28 heavy (non-hydrogen) atoms. The standard InChI is InChI=1S/C19H19N3O4S2/c1-13-10-14(22-26-13)12-28-18-16(5-2-7-21-18)19(24)25-11-17(23)20-8-6-15-4-3-9-27-15/h2-5,7,9-10H,6,8,11-12H2,1H3,(H,20,23). The van der Waals surface area contributed by atoms with E-state index in [1.54, 1.807) is 29.7 Å². The molecule has 0 radical (unpaired) electrons. The van der Waals surface area contributed by atoms with Gasteiger partial charge in [0.25, 0.3) is 5.91 Å². The third kappa shape index (κ3) is 5.93. The fourth-order valence-electron chi connectivity index (χ4n) is 2.33. The highest BCUT2D eigenvalue weighted by molar-refractivity contribution is 7.98. The number of thioether (sulfide) groups is 1. The summed E-state index contributed by atoms with van der Waals surface area (Å²) in [6, 6.07) is 9.09. The predicted molar refractivity (Wildman–Crippen MR) is 106 cm³/mol. The molecule has 9 heteroatoms. The van der Waals surface area contributed by atoms with E-state index < -0.39 is 5.97 Å². The van der Waals surface area contributed by atoms with Crippen LogP contribution >= 0.6 is 23.1 Å². The van der Waals surface area contributed by atoms with E-state index in [4.69, 9.17) is 9.26 Å². The van der Waals surface area contributed by atoms with E-state index in [1.807, 2.05) is 30.5 Å². The molecule has 0 spiro atoms. The van der Waals surface area contributed by atoms with Gasteiger partial charge >= 0.3 is 5.97 Å². The summed E-state index contributed by atoms with van der Waals surface area (Å²) in [6.45, 7) is 1.99. The van der Waals surface area contributed by atoms with Crippen LogP contribution in [-0.2, 0) is 21.7 Å². The van der Waals surface area contributed by atoms with Gasteiger partial charge in [0.05, 0.1) is 11.3 Å². The molecule has 1 N–H and O–H groups in total. The lowest BCUT2D eigenvalue weighted by Gasteiger charge is -2.08. The summed E-state index contributed by atoms with van der Waals surface area (Å²) in [6.07, 6.45) is 2.35. The van der Waals surface area contributed by atoms with Gasteiger partial charge in [0.2, 0.25) is 0 Å². The molecule has 0 aromatic carbocycles. The molecule has 0 aliphatic rings. The number of thiophene rings is 1. The molecule has 7 nitrogen and oxygen atoms in total. The number of rotatable bonds is 9. The number of aromatic nitrogens is 2. The van der Waals surface area contributed by atoms with Gasteiger partial charge in [-0.25, -0.2) is 9.78 Å². The van der Waals surface area contributed by atoms with Crippen LogP contribution in [0.5, 0.6) is 0 Å². The summed E-state index contributed by atoms with van der Waals surface area (Å²) in [7, 11) is 0. The summed E-state index contributed by atoms with van der Waals surface area (Å²) in [5.74, 6) is 0.320. The first-order valence-corrected chi connectivity index (χ1v) is 10.4. The Balaban J connectivity index is 1.47. The first kappa shape index (κ1) is 20.1. The zero-order chi connectivity index (χ0) is 19.8. The van der Waals surface area contributed by atoms with Gasteiger partial charge in [-0.1, -0.05) is 23.0 Å².